The van der Waals surface area contributed by atoms with E-state index in [1.807, 2.05) is 0 Å². The smallest absolute Gasteiger partial charge is 0.508 e. The number of fused-ring (bicyclic) bond motifs is 5. The first-order valence-electron chi connectivity index (χ1n) is 17.5. The van der Waals surface area contributed by atoms with E-state index in [1.54, 1.807) is 6.92 Å². The number of nitrogens with zero attached hydrogens (tertiary/aromatic N) is 6. The molecule has 2 bridgehead atoms. The van der Waals surface area contributed by atoms with Crippen molar-refractivity contribution in [3.05, 3.63) is 69.8 Å². The van der Waals surface area contributed by atoms with E-state index >= 15 is 4.39 Å². The van der Waals surface area contributed by atoms with Gasteiger partial charge in [-0.05, 0) is 62.7 Å². The molecule has 4 atom stereocenters. The van der Waals surface area contributed by atoms with Gasteiger partial charge in [0, 0.05) is 55.3 Å². The van der Waals surface area contributed by atoms with Crippen LogP contribution in [0.4, 0.5) is 19.0 Å². The highest BCUT2D eigenvalue weighted by Crippen LogP contribution is 2.43. The third-order valence-electron chi connectivity index (χ3n) is 11.4. The Balaban J connectivity index is 1.14. The van der Waals surface area contributed by atoms with E-state index in [9.17, 15) is 18.7 Å². The lowest BCUT2D eigenvalue weighted by molar-refractivity contribution is 0.107. The van der Waals surface area contributed by atoms with Gasteiger partial charge in [-0.1, -0.05) is 12.0 Å². The van der Waals surface area contributed by atoms with Crippen molar-refractivity contribution in [2.24, 2.45) is 0 Å². The number of hydrogen-bond acceptors (Lipinski definition) is 11. The summed E-state index contributed by atoms with van der Waals surface area (Å²) in [5.74, 6) is 1.36. The zero-order chi connectivity index (χ0) is 35.9. The van der Waals surface area contributed by atoms with Crippen LogP contribution in [0.1, 0.15) is 49.2 Å². The zero-order valence-electron chi connectivity index (χ0n) is 28.4. The zero-order valence-corrected chi connectivity index (χ0v) is 28.4. The number of rotatable bonds is 7. The van der Waals surface area contributed by atoms with Crippen LogP contribution in [0.2, 0.25) is 0 Å². The largest absolute Gasteiger partial charge is 0.519 e. The van der Waals surface area contributed by atoms with Crippen LogP contribution in [0.25, 0.3) is 32.9 Å². The highest BCUT2D eigenvalue weighted by Gasteiger charge is 2.49. The van der Waals surface area contributed by atoms with Crippen LogP contribution in [-0.2, 0) is 6.54 Å². The van der Waals surface area contributed by atoms with E-state index in [0.717, 1.165) is 32.2 Å². The molecule has 0 amide bonds. The van der Waals surface area contributed by atoms with Gasteiger partial charge in [0.25, 0.3) is 0 Å². The number of benzene rings is 2. The molecule has 11 nitrogen and oxygen atoms in total. The number of phenolic OH excluding ortho intramolecular Hbond substituents is 1. The summed E-state index contributed by atoms with van der Waals surface area (Å²) in [4.78, 5) is 32.2. The van der Waals surface area contributed by atoms with Crippen molar-refractivity contribution in [1.82, 2.24) is 24.8 Å². The summed E-state index contributed by atoms with van der Waals surface area (Å²) in [6, 6.07) is 5.50. The fourth-order valence-electron chi connectivity index (χ4n) is 9.02. The number of aryl methyl sites for hydroxylation is 1. The molecule has 3 aromatic heterocycles. The molecule has 2 aromatic carbocycles. The summed E-state index contributed by atoms with van der Waals surface area (Å²) in [7, 11) is 0. The number of phenols is 1. The number of aromatic hydroxyl groups is 1. The number of ether oxygens (including phenoxy) is 1. The van der Waals surface area contributed by atoms with Gasteiger partial charge in [-0.25, -0.2) is 18.0 Å². The second kappa shape index (κ2) is 12.2. The normalized spacial score (nSPS) is 24.6. The fourth-order valence-corrected chi connectivity index (χ4v) is 9.02. The number of piperazine rings is 1. The fraction of sp³-hybridized carbons (Fsp3) is 0.421. The molecule has 268 valence electrons. The van der Waals surface area contributed by atoms with Crippen molar-refractivity contribution in [2.45, 2.75) is 69.4 Å². The van der Waals surface area contributed by atoms with E-state index in [1.165, 1.54) is 30.5 Å². The molecular formula is C38H35F3N6O5. The maximum absolute atomic E-state index is 17.0. The minimum Gasteiger partial charge on any atom is -0.508 e. The Morgan fingerprint density at radius 1 is 1.13 bits per heavy atom. The first kappa shape index (κ1) is 32.8. The van der Waals surface area contributed by atoms with Crippen LogP contribution in [-0.4, -0.2) is 86.4 Å². The van der Waals surface area contributed by atoms with E-state index < -0.39 is 29.2 Å². The summed E-state index contributed by atoms with van der Waals surface area (Å²) in [5.41, 5.74) is -0.702. The van der Waals surface area contributed by atoms with Gasteiger partial charge in [0.15, 0.2) is 11.6 Å². The summed E-state index contributed by atoms with van der Waals surface area (Å²) in [5, 5.41) is 11.6. The van der Waals surface area contributed by atoms with Crippen LogP contribution in [0.3, 0.4) is 0 Å². The number of terminal acetylenes is 1. The van der Waals surface area contributed by atoms with Crippen molar-refractivity contribution >= 4 is 27.5 Å². The lowest BCUT2D eigenvalue weighted by Gasteiger charge is -2.41. The molecule has 5 aromatic rings. The molecule has 4 aliphatic heterocycles. The molecule has 7 heterocycles. The van der Waals surface area contributed by atoms with Gasteiger partial charge in [-0.2, -0.15) is 9.97 Å². The van der Waals surface area contributed by atoms with Crippen LogP contribution in [0, 0.1) is 30.9 Å². The second-order valence-corrected chi connectivity index (χ2v) is 14.4. The first-order valence-corrected chi connectivity index (χ1v) is 17.5. The average Bonchev–Trinajstić information content (AvgIpc) is 3.81. The molecule has 0 saturated carbocycles. The third kappa shape index (κ3) is 5.28. The molecular weight excluding hydrogens is 677 g/mol. The Bertz CT molecular complexity index is 2340. The predicted octanol–water partition coefficient (Wildman–Crippen LogP) is 5.47. The van der Waals surface area contributed by atoms with Crippen molar-refractivity contribution in [3.8, 4) is 35.4 Å². The molecule has 0 aliphatic carbocycles. The minimum atomic E-state index is -0.955. The maximum atomic E-state index is 17.0. The van der Waals surface area contributed by atoms with Crippen molar-refractivity contribution in [1.29, 1.82) is 0 Å². The van der Waals surface area contributed by atoms with Crippen molar-refractivity contribution in [2.75, 3.05) is 37.7 Å². The SMILES string of the molecule is C#Cc1c(F)ccc2cc(O)cc(-c3ncc4c(N5CC6CCC(C5)N6Cc5oc(=O)oc5C)nc(OC[C@@]56CCCN5C[C@H](F)C6)nc4c3F)c12. The molecule has 4 aliphatic rings. The molecule has 9 rings (SSSR count). The van der Waals surface area contributed by atoms with Crippen molar-refractivity contribution < 1.29 is 31.8 Å². The van der Waals surface area contributed by atoms with E-state index in [0.29, 0.717) is 60.7 Å². The molecule has 4 fully saturated rings. The molecule has 0 radical (unpaired) electrons. The number of alkyl halides is 1. The standard InChI is InChI=1S/C38H35F3N6O5/c1-3-26-29(40)8-5-21-11-25(48)12-27(31(21)26)33-32(41)34-28(14-42-33)35(44-36(43-34)50-19-38-9-4-10-46(38)15-22(39)13-38)45-16-23-6-7-24(17-45)47(23)18-30-20(2)51-37(49)52-30/h1,5,8,11-12,14,22-24,48H,4,6-7,9-10,13,15-19H2,2H3/t22-,23?,24?,38+/m1/s1. The Morgan fingerprint density at radius 2 is 1.94 bits per heavy atom. The summed E-state index contributed by atoms with van der Waals surface area (Å²) >= 11 is 0. The molecule has 1 N–H and O–H groups in total. The minimum absolute atomic E-state index is 0.0521. The Hall–Kier alpha value is -5.13. The molecule has 52 heavy (non-hydrogen) atoms. The highest BCUT2D eigenvalue weighted by molar-refractivity contribution is 6.03. The van der Waals surface area contributed by atoms with E-state index in [2.05, 4.69) is 30.6 Å². The Kier molecular flexibility index (Phi) is 7.71. The summed E-state index contributed by atoms with van der Waals surface area (Å²) in [6.07, 6.45) is 10.1. The predicted molar refractivity (Wildman–Crippen MR) is 185 cm³/mol. The highest BCUT2D eigenvalue weighted by atomic mass is 19.1. The first-order chi connectivity index (χ1) is 25.1. The lowest BCUT2D eigenvalue weighted by atomic mass is 9.95. The summed E-state index contributed by atoms with van der Waals surface area (Å²) < 4.78 is 63.3. The van der Waals surface area contributed by atoms with Gasteiger partial charge in [-0.15, -0.1) is 6.42 Å². The quantitative estimate of drug-likeness (QED) is 0.216. The van der Waals surface area contributed by atoms with Crippen LogP contribution >= 0.6 is 0 Å². The average molecular weight is 713 g/mol. The monoisotopic (exact) mass is 712 g/mol. The molecule has 0 spiro atoms. The van der Waals surface area contributed by atoms with E-state index in [-0.39, 0.29) is 58.2 Å². The van der Waals surface area contributed by atoms with Crippen LogP contribution < -0.4 is 15.5 Å². The Labute approximate surface area is 296 Å². The van der Waals surface area contributed by atoms with Gasteiger partial charge in [0.05, 0.1) is 23.0 Å². The Morgan fingerprint density at radius 3 is 2.69 bits per heavy atom. The number of hydrogen-bond donors (Lipinski definition) is 1. The van der Waals surface area contributed by atoms with Gasteiger partial charge in [0.1, 0.15) is 47.1 Å². The molecule has 14 heteroatoms. The number of aromatic nitrogens is 3. The topological polar surface area (TPSA) is 121 Å². The number of anilines is 1. The van der Waals surface area contributed by atoms with Crippen LogP contribution in [0.5, 0.6) is 11.8 Å². The number of halogens is 3. The van der Waals surface area contributed by atoms with Crippen molar-refractivity contribution in [3.63, 3.8) is 0 Å². The third-order valence-corrected chi connectivity index (χ3v) is 11.4. The van der Waals surface area contributed by atoms with E-state index in [4.69, 9.17) is 25.0 Å². The van der Waals surface area contributed by atoms with Gasteiger partial charge in [0.2, 0.25) is 0 Å². The maximum Gasteiger partial charge on any atom is 0.519 e. The van der Waals surface area contributed by atoms with Gasteiger partial charge < -0.3 is 23.6 Å². The second-order valence-electron chi connectivity index (χ2n) is 14.4. The number of pyridine rings is 1. The van der Waals surface area contributed by atoms with Gasteiger partial charge >= 0.3 is 11.8 Å². The molecule has 2 unspecified atom stereocenters. The molecule has 4 saturated heterocycles. The lowest BCUT2D eigenvalue weighted by Crippen LogP contribution is -2.53. The van der Waals surface area contributed by atoms with Crippen LogP contribution in [0.15, 0.2) is 44.1 Å². The summed E-state index contributed by atoms with van der Waals surface area (Å²) in [6.45, 7) is 4.48. The van der Waals surface area contributed by atoms with Gasteiger partial charge in [-0.3, -0.25) is 14.8 Å².